The fourth-order valence-corrected chi connectivity index (χ4v) is 3.09. The molecular weight excluding hydrogens is 384 g/mol. The topological polar surface area (TPSA) is 93.7 Å². The average molecular weight is 408 g/mol. The second-order valence-electron chi connectivity index (χ2n) is 6.65. The van der Waals surface area contributed by atoms with E-state index >= 15 is 0 Å². The van der Waals surface area contributed by atoms with Crippen molar-refractivity contribution < 1.29 is 23.9 Å². The van der Waals surface area contributed by atoms with Crippen LogP contribution in [0.4, 0.5) is 11.4 Å². The van der Waals surface area contributed by atoms with E-state index in [0.717, 1.165) is 11.4 Å². The Bertz CT molecular complexity index is 935. The molecule has 1 aliphatic carbocycles. The van der Waals surface area contributed by atoms with Crippen LogP contribution in [-0.4, -0.2) is 43.0 Å². The molecule has 0 radical (unpaired) electrons. The maximum absolute atomic E-state index is 12.3. The summed E-state index contributed by atoms with van der Waals surface area (Å²) in [6.07, 6.45) is 3.33. The summed E-state index contributed by atoms with van der Waals surface area (Å²) >= 11 is 0. The fourth-order valence-electron chi connectivity index (χ4n) is 3.09. The van der Waals surface area contributed by atoms with Crippen LogP contribution in [0.2, 0.25) is 0 Å². The largest absolute Gasteiger partial charge is 0.462 e. The molecule has 7 nitrogen and oxygen atoms in total. The molecule has 0 saturated carbocycles. The smallest absolute Gasteiger partial charge is 0.338 e. The van der Waals surface area contributed by atoms with Crippen LogP contribution in [-0.2, 0) is 14.3 Å². The molecule has 0 bridgehead atoms. The standard InChI is InChI=1S/C23H24N2O5/c1-3-29-22(27)15-5-9-17(10-6-15)24-19-13-14-20(26)21(19)25-18-11-7-16(8-12-18)23(28)30-4-2/h5-14,19,21,24-25H,3-4H2,1-2H3. The second kappa shape index (κ2) is 9.73. The number of carbonyl (C=O) groups excluding carboxylic acids is 3. The lowest BCUT2D eigenvalue weighted by Gasteiger charge is -2.23. The van der Waals surface area contributed by atoms with Gasteiger partial charge in [0, 0.05) is 11.4 Å². The highest BCUT2D eigenvalue weighted by Crippen LogP contribution is 2.21. The van der Waals surface area contributed by atoms with Crippen LogP contribution in [0.3, 0.4) is 0 Å². The molecule has 2 N–H and O–H groups in total. The first-order valence-corrected chi connectivity index (χ1v) is 9.81. The highest BCUT2D eigenvalue weighted by Gasteiger charge is 2.30. The number of anilines is 2. The van der Waals surface area contributed by atoms with E-state index in [1.54, 1.807) is 68.5 Å². The SMILES string of the molecule is CCOC(=O)c1ccc(NC2C=CC(=O)C2Nc2ccc(C(=O)OCC)cc2)cc1. The predicted molar refractivity (Wildman–Crippen MR) is 114 cm³/mol. The number of hydrogen-bond acceptors (Lipinski definition) is 7. The summed E-state index contributed by atoms with van der Waals surface area (Å²) in [7, 11) is 0. The first-order valence-electron chi connectivity index (χ1n) is 9.81. The lowest BCUT2D eigenvalue weighted by Crippen LogP contribution is -2.39. The maximum Gasteiger partial charge on any atom is 0.338 e. The lowest BCUT2D eigenvalue weighted by atomic mass is 10.1. The van der Waals surface area contributed by atoms with E-state index in [1.165, 1.54) is 6.08 Å². The zero-order valence-electron chi connectivity index (χ0n) is 16.9. The van der Waals surface area contributed by atoms with E-state index in [2.05, 4.69) is 10.6 Å². The summed E-state index contributed by atoms with van der Waals surface area (Å²) in [6, 6.07) is 12.9. The fraction of sp³-hybridized carbons (Fsp3) is 0.261. The molecule has 0 fully saturated rings. The molecule has 1 aliphatic rings. The molecule has 2 aromatic carbocycles. The number of carbonyl (C=O) groups is 3. The summed E-state index contributed by atoms with van der Waals surface area (Å²) in [5.41, 5.74) is 2.41. The maximum atomic E-state index is 12.3. The minimum atomic E-state index is -0.497. The Kier molecular flexibility index (Phi) is 6.85. The van der Waals surface area contributed by atoms with Crippen molar-refractivity contribution in [2.45, 2.75) is 25.9 Å². The molecule has 0 heterocycles. The Labute approximate surface area is 175 Å². The molecule has 3 rings (SSSR count). The normalized spacial score (nSPS) is 17.5. The molecule has 2 atom stereocenters. The van der Waals surface area contributed by atoms with Gasteiger partial charge in [0.1, 0.15) is 6.04 Å². The molecule has 30 heavy (non-hydrogen) atoms. The van der Waals surface area contributed by atoms with Crippen molar-refractivity contribution in [1.29, 1.82) is 0 Å². The van der Waals surface area contributed by atoms with Gasteiger partial charge in [-0.25, -0.2) is 9.59 Å². The van der Waals surface area contributed by atoms with Crippen LogP contribution in [0.15, 0.2) is 60.7 Å². The number of esters is 2. The van der Waals surface area contributed by atoms with Crippen LogP contribution in [0.25, 0.3) is 0 Å². The molecule has 0 saturated heterocycles. The summed E-state index contributed by atoms with van der Waals surface area (Å²) in [5, 5.41) is 6.49. The van der Waals surface area contributed by atoms with Crippen molar-refractivity contribution in [1.82, 2.24) is 0 Å². The molecule has 0 amide bonds. The van der Waals surface area contributed by atoms with Crippen molar-refractivity contribution in [2.75, 3.05) is 23.8 Å². The molecule has 156 valence electrons. The molecule has 0 aromatic heterocycles. The van der Waals surface area contributed by atoms with Crippen molar-refractivity contribution in [2.24, 2.45) is 0 Å². The van der Waals surface area contributed by atoms with Gasteiger partial charge in [-0.15, -0.1) is 0 Å². The Morgan fingerprint density at radius 1 is 0.800 bits per heavy atom. The molecule has 2 unspecified atom stereocenters. The Hall–Kier alpha value is -3.61. The van der Waals surface area contributed by atoms with Crippen molar-refractivity contribution >= 4 is 29.1 Å². The molecule has 0 aliphatic heterocycles. The van der Waals surface area contributed by atoms with Crippen LogP contribution < -0.4 is 10.6 Å². The summed E-state index contributed by atoms with van der Waals surface area (Å²) < 4.78 is 9.96. The van der Waals surface area contributed by atoms with Gasteiger partial charge in [0.15, 0.2) is 5.78 Å². The monoisotopic (exact) mass is 408 g/mol. The van der Waals surface area contributed by atoms with Gasteiger partial charge in [0.25, 0.3) is 0 Å². The quantitative estimate of drug-likeness (QED) is 0.646. The summed E-state index contributed by atoms with van der Waals surface area (Å²) in [5.74, 6) is -0.802. The third kappa shape index (κ3) is 5.05. The van der Waals surface area contributed by atoms with Gasteiger partial charge in [-0.2, -0.15) is 0 Å². The van der Waals surface area contributed by atoms with Crippen LogP contribution in [0.1, 0.15) is 34.6 Å². The number of benzene rings is 2. The third-order valence-corrected chi connectivity index (χ3v) is 4.58. The van der Waals surface area contributed by atoms with Gasteiger partial charge in [-0.3, -0.25) is 4.79 Å². The van der Waals surface area contributed by atoms with Crippen molar-refractivity contribution in [3.05, 3.63) is 71.8 Å². The van der Waals surface area contributed by atoms with Gasteiger partial charge in [0.2, 0.25) is 0 Å². The summed E-state index contributed by atoms with van der Waals surface area (Å²) in [6.45, 7) is 4.15. The minimum absolute atomic E-state index is 0.0508. The Morgan fingerprint density at radius 3 is 1.73 bits per heavy atom. The van der Waals surface area contributed by atoms with E-state index in [-0.39, 0.29) is 23.8 Å². The van der Waals surface area contributed by atoms with E-state index in [0.29, 0.717) is 24.3 Å². The number of rotatable bonds is 8. The van der Waals surface area contributed by atoms with Crippen LogP contribution >= 0.6 is 0 Å². The van der Waals surface area contributed by atoms with E-state index in [9.17, 15) is 14.4 Å². The number of ether oxygens (including phenoxy) is 2. The first kappa shape index (κ1) is 21.1. The lowest BCUT2D eigenvalue weighted by molar-refractivity contribution is -0.114. The van der Waals surface area contributed by atoms with Gasteiger partial charge in [-0.1, -0.05) is 6.08 Å². The predicted octanol–water partition coefficient (Wildman–Crippen LogP) is 3.44. The minimum Gasteiger partial charge on any atom is -0.462 e. The number of ketones is 1. The number of nitrogens with one attached hydrogen (secondary N) is 2. The molecular formula is C23H24N2O5. The van der Waals surface area contributed by atoms with Crippen molar-refractivity contribution in [3.63, 3.8) is 0 Å². The highest BCUT2D eigenvalue weighted by atomic mass is 16.5. The zero-order chi connectivity index (χ0) is 21.5. The van der Waals surface area contributed by atoms with E-state index in [4.69, 9.17) is 9.47 Å². The van der Waals surface area contributed by atoms with E-state index < -0.39 is 6.04 Å². The van der Waals surface area contributed by atoms with Gasteiger partial charge < -0.3 is 20.1 Å². The summed E-state index contributed by atoms with van der Waals surface area (Å²) in [4.78, 5) is 35.9. The highest BCUT2D eigenvalue weighted by molar-refractivity contribution is 6.00. The Morgan fingerprint density at radius 2 is 1.27 bits per heavy atom. The second-order valence-corrected chi connectivity index (χ2v) is 6.65. The zero-order valence-corrected chi connectivity index (χ0v) is 16.9. The van der Waals surface area contributed by atoms with Gasteiger partial charge in [0.05, 0.1) is 30.4 Å². The average Bonchev–Trinajstić information content (AvgIpc) is 3.08. The molecule has 0 spiro atoms. The Balaban J connectivity index is 1.65. The molecule has 2 aromatic rings. The van der Waals surface area contributed by atoms with Gasteiger partial charge >= 0.3 is 11.9 Å². The molecule has 7 heteroatoms. The number of hydrogen-bond donors (Lipinski definition) is 2. The van der Waals surface area contributed by atoms with E-state index in [1.807, 2.05) is 0 Å². The van der Waals surface area contributed by atoms with Gasteiger partial charge in [-0.05, 0) is 68.5 Å². The van der Waals surface area contributed by atoms with Crippen molar-refractivity contribution in [3.8, 4) is 0 Å². The third-order valence-electron chi connectivity index (χ3n) is 4.58. The van der Waals surface area contributed by atoms with Crippen LogP contribution in [0, 0.1) is 0 Å². The first-order chi connectivity index (χ1) is 14.5. The van der Waals surface area contributed by atoms with Crippen LogP contribution in [0.5, 0.6) is 0 Å².